The van der Waals surface area contributed by atoms with Gasteiger partial charge < -0.3 is 15.4 Å². The standard InChI is InChI=1S/C17H23N5O3/c1-3-25-16(23)11-19-17(24)18-9-8-14-20-15(22-21-14)10-13-6-4-12(2)5-7-13/h4-7H,3,8-11H2,1-2H3,(H2,18,19,24)(H,20,21,22). The van der Waals surface area contributed by atoms with Crippen LogP contribution in [-0.2, 0) is 22.4 Å². The number of ether oxygens (including phenoxy) is 1. The Hall–Kier alpha value is -2.90. The van der Waals surface area contributed by atoms with Crippen LogP contribution < -0.4 is 10.6 Å². The Morgan fingerprint density at radius 1 is 1.20 bits per heavy atom. The minimum atomic E-state index is -0.465. The van der Waals surface area contributed by atoms with Crippen LogP contribution in [0.2, 0.25) is 0 Å². The van der Waals surface area contributed by atoms with Gasteiger partial charge in [-0.25, -0.2) is 9.78 Å². The lowest BCUT2D eigenvalue weighted by atomic mass is 10.1. The van der Waals surface area contributed by atoms with Crippen molar-refractivity contribution in [2.45, 2.75) is 26.7 Å². The zero-order chi connectivity index (χ0) is 18.1. The van der Waals surface area contributed by atoms with Crippen LogP contribution in [0, 0.1) is 6.92 Å². The van der Waals surface area contributed by atoms with Gasteiger partial charge in [-0.2, -0.15) is 5.10 Å². The number of hydrogen-bond donors (Lipinski definition) is 3. The molecule has 0 aliphatic carbocycles. The summed E-state index contributed by atoms with van der Waals surface area (Å²) in [7, 11) is 0. The molecule has 0 bridgehead atoms. The molecule has 0 aliphatic heterocycles. The van der Waals surface area contributed by atoms with Gasteiger partial charge in [0.1, 0.15) is 12.4 Å². The first kappa shape index (κ1) is 18.4. The van der Waals surface area contributed by atoms with E-state index in [4.69, 9.17) is 4.74 Å². The molecule has 25 heavy (non-hydrogen) atoms. The van der Waals surface area contributed by atoms with E-state index in [1.165, 1.54) is 5.56 Å². The molecule has 0 atom stereocenters. The predicted octanol–water partition coefficient (Wildman–Crippen LogP) is 1.11. The van der Waals surface area contributed by atoms with Crippen LogP contribution in [0.15, 0.2) is 24.3 Å². The molecule has 0 spiro atoms. The Kier molecular flexibility index (Phi) is 6.94. The minimum Gasteiger partial charge on any atom is -0.465 e. The summed E-state index contributed by atoms with van der Waals surface area (Å²) in [6.45, 7) is 4.27. The van der Waals surface area contributed by atoms with E-state index in [0.717, 1.165) is 11.4 Å². The second-order valence-corrected chi connectivity index (χ2v) is 5.53. The molecule has 3 N–H and O–H groups in total. The smallest absolute Gasteiger partial charge is 0.325 e. The Balaban J connectivity index is 1.69. The zero-order valence-corrected chi connectivity index (χ0v) is 14.5. The average Bonchev–Trinajstić information content (AvgIpc) is 3.03. The second-order valence-electron chi connectivity index (χ2n) is 5.53. The third-order valence-corrected chi connectivity index (χ3v) is 3.40. The summed E-state index contributed by atoms with van der Waals surface area (Å²) < 4.78 is 4.72. The Morgan fingerprint density at radius 2 is 1.96 bits per heavy atom. The number of H-pyrrole nitrogens is 1. The SMILES string of the molecule is CCOC(=O)CNC(=O)NCCc1n[nH]c(Cc2ccc(C)cc2)n1. The number of amides is 2. The molecule has 1 aromatic heterocycles. The van der Waals surface area contributed by atoms with E-state index in [0.29, 0.717) is 25.2 Å². The number of aryl methyl sites for hydroxylation is 1. The molecule has 134 valence electrons. The van der Waals surface area contributed by atoms with Gasteiger partial charge in [0, 0.05) is 19.4 Å². The summed E-state index contributed by atoms with van der Waals surface area (Å²) in [5.74, 6) is 0.950. The lowest BCUT2D eigenvalue weighted by molar-refractivity contribution is -0.141. The van der Waals surface area contributed by atoms with Crippen molar-refractivity contribution in [3.05, 3.63) is 47.0 Å². The molecule has 8 nitrogen and oxygen atoms in total. The van der Waals surface area contributed by atoms with Gasteiger partial charge in [-0.1, -0.05) is 29.8 Å². The monoisotopic (exact) mass is 345 g/mol. The Labute approximate surface area is 146 Å². The molecule has 2 amide bonds. The number of carbonyl (C=O) groups excluding carboxylic acids is 2. The maximum absolute atomic E-state index is 11.5. The predicted molar refractivity (Wildman–Crippen MR) is 92.1 cm³/mol. The van der Waals surface area contributed by atoms with Crippen LogP contribution in [-0.4, -0.2) is 46.9 Å². The van der Waals surface area contributed by atoms with Gasteiger partial charge in [-0.05, 0) is 19.4 Å². The number of nitrogens with zero attached hydrogens (tertiary/aromatic N) is 2. The van der Waals surface area contributed by atoms with E-state index < -0.39 is 12.0 Å². The van der Waals surface area contributed by atoms with Crippen LogP contribution in [0.25, 0.3) is 0 Å². The summed E-state index contributed by atoms with van der Waals surface area (Å²) in [6, 6.07) is 7.82. The van der Waals surface area contributed by atoms with Crippen molar-refractivity contribution in [2.75, 3.05) is 19.7 Å². The third kappa shape index (κ3) is 6.62. The third-order valence-electron chi connectivity index (χ3n) is 3.40. The first-order valence-electron chi connectivity index (χ1n) is 8.20. The lowest BCUT2D eigenvalue weighted by Gasteiger charge is -2.06. The minimum absolute atomic E-state index is 0.152. The van der Waals surface area contributed by atoms with Crippen LogP contribution in [0.1, 0.15) is 29.7 Å². The highest BCUT2D eigenvalue weighted by Gasteiger charge is 2.07. The van der Waals surface area contributed by atoms with Gasteiger partial charge in [0.25, 0.3) is 0 Å². The molecular formula is C17H23N5O3. The largest absolute Gasteiger partial charge is 0.465 e. The zero-order valence-electron chi connectivity index (χ0n) is 14.5. The van der Waals surface area contributed by atoms with E-state index in [1.54, 1.807) is 6.92 Å². The Bertz CT molecular complexity index is 697. The van der Waals surface area contributed by atoms with E-state index in [1.807, 2.05) is 6.92 Å². The number of urea groups is 1. The molecular weight excluding hydrogens is 322 g/mol. The molecule has 0 aliphatic rings. The van der Waals surface area contributed by atoms with Gasteiger partial charge in [0.2, 0.25) is 0 Å². The summed E-state index contributed by atoms with van der Waals surface area (Å²) in [4.78, 5) is 27.1. The van der Waals surface area contributed by atoms with Crippen LogP contribution in [0.3, 0.4) is 0 Å². The topological polar surface area (TPSA) is 109 Å². The van der Waals surface area contributed by atoms with Gasteiger partial charge in [0.05, 0.1) is 6.61 Å². The van der Waals surface area contributed by atoms with Crippen molar-refractivity contribution in [3.8, 4) is 0 Å². The van der Waals surface area contributed by atoms with Crippen LogP contribution >= 0.6 is 0 Å². The number of nitrogens with one attached hydrogen (secondary N) is 3. The number of benzene rings is 1. The molecule has 0 saturated carbocycles. The molecule has 1 aromatic carbocycles. The summed E-state index contributed by atoms with van der Waals surface area (Å²) in [5, 5.41) is 12.1. The van der Waals surface area contributed by atoms with E-state index in [-0.39, 0.29) is 13.2 Å². The maximum Gasteiger partial charge on any atom is 0.325 e. The molecule has 2 aromatic rings. The maximum atomic E-state index is 11.5. The summed E-state index contributed by atoms with van der Waals surface area (Å²) in [6.07, 6.45) is 1.18. The number of aromatic amines is 1. The number of rotatable bonds is 8. The fourth-order valence-corrected chi connectivity index (χ4v) is 2.14. The van der Waals surface area contributed by atoms with Crippen molar-refractivity contribution in [2.24, 2.45) is 0 Å². The van der Waals surface area contributed by atoms with Crippen molar-refractivity contribution in [3.63, 3.8) is 0 Å². The van der Waals surface area contributed by atoms with Crippen LogP contribution in [0.4, 0.5) is 4.79 Å². The average molecular weight is 345 g/mol. The number of aromatic nitrogens is 3. The summed E-state index contributed by atoms with van der Waals surface area (Å²) in [5.41, 5.74) is 2.37. The van der Waals surface area contributed by atoms with Crippen molar-refractivity contribution >= 4 is 12.0 Å². The quantitative estimate of drug-likeness (QED) is 0.621. The lowest BCUT2D eigenvalue weighted by Crippen LogP contribution is -2.39. The van der Waals surface area contributed by atoms with Crippen LogP contribution in [0.5, 0.6) is 0 Å². The molecule has 1 heterocycles. The Morgan fingerprint density at radius 3 is 2.68 bits per heavy atom. The van der Waals surface area contributed by atoms with Gasteiger partial charge in [0.15, 0.2) is 5.82 Å². The number of carbonyl (C=O) groups is 2. The van der Waals surface area contributed by atoms with Gasteiger partial charge >= 0.3 is 12.0 Å². The van der Waals surface area contributed by atoms with E-state index in [2.05, 4.69) is 50.1 Å². The first-order chi connectivity index (χ1) is 12.1. The molecule has 0 radical (unpaired) electrons. The van der Waals surface area contributed by atoms with E-state index >= 15 is 0 Å². The van der Waals surface area contributed by atoms with Gasteiger partial charge in [-0.3, -0.25) is 9.89 Å². The highest BCUT2D eigenvalue weighted by molar-refractivity contribution is 5.80. The van der Waals surface area contributed by atoms with Gasteiger partial charge in [-0.15, -0.1) is 0 Å². The van der Waals surface area contributed by atoms with Crippen molar-refractivity contribution in [1.82, 2.24) is 25.8 Å². The molecule has 8 heteroatoms. The number of esters is 1. The number of hydrogen-bond acceptors (Lipinski definition) is 5. The van der Waals surface area contributed by atoms with Crippen molar-refractivity contribution in [1.29, 1.82) is 0 Å². The fourth-order valence-electron chi connectivity index (χ4n) is 2.14. The first-order valence-corrected chi connectivity index (χ1v) is 8.20. The molecule has 0 unspecified atom stereocenters. The normalized spacial score (nSPS) is 10.3. The molecule has 2 rings (SSSR count). The van der Waals surface area contributed by atoms with Crippen molar-refractivity contribution < 1.29 is 14.3 Å². The highest BCUT2D eigenvalue weighted by atomic mass is 16.5. The summed E-state index contributed by atoms with van der Waals surface area (Å²) >= 11 is 0. The second kappa shape index (κ2) is 9.41. The molecule has 0 saturated heterocycles. The molecule has 0 fully saturated rings. The van der Waals surface area contributed by atoms with E-state index in [9.17, 15) is 9.59 Å². The fraction of sp³-hybridized carbons (Fsp3) is 0.412. The highest BCUT2D eigenvalue weighted by Crippen LogP contribution is 2.07.